The second kappa shape index (κ2) is 6.88. The van der Waals surface area contributed by atoms with Crippen molar-refractivity contribution in [1.82, 2.24) is 0 Å². The molecule has 3 nitrogen and oxygen atoms in total. The zero-order valence-corrected chi connectivity index (χ0v) is 12.0. The molecule has 1 amide bonds. The Bertz CT molecular complexity index is 610. The maximum absolute atomic E-state index is 13.1. The smallest absolute Gasteiger partial charge is 0.221 e. The highest BCUT2D eigenvalue weighted by molar-refractivity contribution is 5.76. The summed E-state index contributed by atoms with van der Waals surface area (Å²) in [7, 11) is 0. The highest BCUT2D eigenvalue weighted by Crippen LogP contribution is 2.14. The summed E-state index contributed by atoms with van der Waals surface area (Å²) in [6.07, 6.45) is 0.986. The summed E-state index contributed by atoms with van der Waals surface area (Å²) >= 11 is 0. The van der Waals surface area contributed by atoms with Gasteiger partial charge < -0.3 is 11.1 Å². The van der Waals surface area contributed by atoms with Crippen LogP contribution in [0.4, 0.5) is 10.1 Å². The molecule has 1 atom stereocenters. The van der Waals surface area contributed by atoms with E-state index in [-0.39, 0.29) is 24.2 Å². The predicted octanol–water partition coefficient (Wildman–Crippen LogP) is 2.90. The Kier molecular flexibility index (Phi) is 4.93. The van der Waals surface area contributed by atoms with Crippen molar-refractivity contribution in [2.24, 2.45) is 5.73 Å². The van der Waals surface area contributed by atoms with Crippen LogP contribution in [-0.4, -0.2) is 11.9 Å². The summed E-state index contributed by atoms with van der Waals surface area (Å²) in [4.78, 5) is 10.8. The fourth-order valence-corrected chi connectivity index (χ4v) is 2.27. The summed E-state index contributed by atoms with van der Waals surface area (Å²) in [6, 6.07) is 14.4. The number of hydrogen-bond acceptors (Lipinski definition) is 2. The predicted molar refractivity (Wildman–Crippen MR) is 82.5 cm³/mol. The first-order chi connectivity index (χ1) is 10.0. The first kappa shape index (κ1) is 15.0. The minimum absolute atomic E-state index is 0.175. The molecule has 0 aromatic heterocycles. The molecule has 0 radical (unpaired) electrons. The number of nitrogens with two attached hydrogens (primary N) is 1. The number of benzene rings is 2. The number of nitrogens with one attached hydrogen (secondary N) is 1. The third-order valence-electron chi connectivity index (χ3n) is 3.18. The third-order valence-corrected chi connectivity index (χ3v) is 3.18. The normalized spacial score (nSPS) is 11.9. The molecule has 0 aliphatic carbocycles. The van der Waals surface area contributed by atoms with Gasteiger partial charge in [0, 0.05) is 11.7 Å². The van der Waals surface area contributed by atoms with Gasteiger partial charge in [0.2, 0.25) is 5.91 Å². The Morgan fingerprint density at radius 1 is 1.19 bits per heavy atom. The van der Waals surface area contributed by atoms with Crippen molar-refractivity contribution in [2.45, 2.75) is 25.8 Å². The Morgan fingerprint density at radius 3 is 2.52 bits per heavy atom. The van der Waals surface area contributed by atoms with Gasteiger partial charge in [0.15, 0.2) is 0 Å². The van der Waals surface area contributed by atoms with Gasteiger partial charge in [-0.1, -0.05) is 24.3 Å². The van der Waals surface area contributed by atoms with E-state index in [4.69, 9.17) is 5.73 Å². The molecule has 3 N–H and O–H groups in total. The van der Waals surface area contributed by atoms with E-state index in [1.165, 1.54) is 6.07 Å². The van der Waals surface area contributed by atoms with E-state index in [9.17, 15) is 9.18 Å². The number of amides is 1. The second-order valence-corrected chi connectivity index (χ2v) is 5.22. The van der Waals surface area contributed by atoms with E-state index < -0.39 is 0 Å². The molecule has 0 spiro atoms. The summed E-state index contributed by atoms with van der Waals surface area (Å²) < 4.78 is 13.1. The van der Waals surface area contributed by atoms with Crippen LogP contribution in [0.15, 0.2) is 48.5 Å². The van der Waals surface area contributed by atoms with Crippen LogP contribution in [-0.2, 0) is 17.6 Å². The number of halogens is 1. The number of hydrogen-bond donors (Lipinski definition) is 2. The van der Waals surface area contributed by atoms with Crippen molar-refractivity contribution < 1.29 is 9.18 Å². The lowest BCUT2D eigenvalue weighted by Gasteiger charge is -2.15. The summed E-state index contributed by atoms with van der Waals surface area (Å²) in [6.45, 7) is 2.04. The number of carbonyl (C=O) groups is 1. The lowest BCUT2D eigenvalue weighted by atomic mass is 10.1. The quantitative estimate of drug-likeness (QED) is 0.858. The van der Waals surface area contributed by atoms with Crippen molar-refractivity contribution in [2.75, 3.05) is 5.32 Å². The van der Waals surface area contributed by atoms with Gasteiger partial charge in [0.05, 0.1) is 6.42 Å². The largest absolute Gasteiger partial charge is 0.382 e. The van der Waals surface area contributed by atoms with Gasteiger partial charge in [0.25, 0.3) is 0 Å². The van der Waals surface area contributed by atoms with Crippen molar-refractivity contribution >= 4 is 11.6 Å². The molecule has 0 saturated heterocycles. The van der Waals surface area contributed by atoms with Gasteiger partial charge in [-0.15, -0.1) is 0 Å². The van der Waals surface area contributed by atoms with Crippen LogP contribution in [0, 0.1) is 5.82 Å². The van der Waals surface area contributed by atoms with E-state index in [1.54, 1.807) is 12.1 Å². The van der Waals surface area contributed by atoms with Crippen LogP contribution in [0.25, 0.3) is 0 Å². The van der Waals surface area contributed by atoms with Gasteiger partial charge in [-0.05, 0) is 48.7 Å². The van der Waals surface area contributed by atoms with Crippen LogP contribution in [0.1, 0.15) is 18.1 Å². The third kappa shape index (κ3) is 4.91. The summed E-state index contributed by atoms with van der Waals surface area (Å²) in [5.41, 5.74) is 7.97. The van der Waals surface area contributed by atoms with Gasteiger partial charge >= 0.3 is 0 Å². The van der Waals surface area contributed by atoms with E-state index in [0.29, 0.717) is 0 Å². The molecule has 0 aliphatic rings. The zero-order valence-electron chi connectivity index (χ0n) is 12.0. The van der Waals surface area contributed by atoms with E-state index in [1.807, 2.05) is 37.3 Å². The van der Waals surface area contributed by atoms with Crippen LogP contribution < -0.4 is 11.1 Å². The summed E-state index contributed by atoms with van der Waals surface area (Å²) in [5.74, 6) is -0.550. The molecule has 0 bridgehead atoms. The van der Waals surface area contributed by atoms with Crippen molar-refractivity contribution in [3.63, 3.8) is 0 Å². The highest BCUT2D eigenvalue weighted by atomic mass is 19.1. The first-order valence-electron chi connectivity index (χ1n) is 6.91. The van der Waals surface area contributed by atoms with Gasteiger partial charge in [-0.25, -0.2) is 4.39 Å². The maximum Gasteiger partial charge on any atom is 0.221 e. The molecule has 21 heavy (non-hydrogen) atoms. The number of carbonyl (C=O) groups excluding carboxylic acids is 1. The molecule has 2 aromatic rings. The van der Waals surface area contributed by atoms with Gasteiger partial charge in [-0.2, -0.15) is 0 Å². The SMILES string of the molecule is CC(Cc1cccc(F)c1)Nc1ccc(CC(N)=O)cc1. The Labute approximate surface area is 124 Å². The average molecular weight is 286 g/mol. The van der Waals surface area contributed by atoms with Crippen LogP contribution >= 0.6 is 0 Å². The first-order valence-corrected chi connectivity index (χ1v) is 6.91. The Morgan fingerprint density at radius 2 is 1.90 bits per heavy atom. The standard InChI is InChI=1S/C17H19FN2O/c1-12(9-14-3-2-4-15(18)10-14)20-16-7-5-13(6-8-16)11-17(19)21/h2-8,10,12,20H,9,11H2,1H3,(H2,19,21). The van der Waals surface area contributed by atoms with Crippen LogP contribution in [0.2, 0.25) is 0 Å². The fourth-order valence-electron chi connectivity index (χ4n) is 2.27. The lowest BCUT2D eigenvalue weighted by Crippen LogP contribution is -2.18. The Hall–Kier alpha value is -2.36. The molecule has 0 fully saturated rings. The molecule has 4 heteroatoms. The lowest BCUT2D eigenvalue weighted by molar-refractivity contribution is -0.117. The number of rotatable bonds is 6. The maximum atomic E-state index is 13.1. The summed E-state index contributed by atoms with van der Waals surface area (Å²) in [5, 5.41) is 3.35. The van der Waals surface area contributed by atoms with Gasteiger partial charge in [-0.3, -0.25) is 4.79 Å². The monoisotopic (exact) mass is 286 g/mol. The van der Waals surface area contributed by atoms with Crippen molar-refractivity contribution in [3.05, 3.63) is 65.5 Å². The molecule has 110 valence electrons. The average Bonchev–Trinajstić information content (AvgIpc) is 2.40. The van der Waals surface area contributed by atoms with Crippen molar-refractivity contribution in [1.29, 1.82) is 0 Å². The van der Waals surface area contributed by atoms with Crippen LogP contribution in [0.3, 0.4) is 0 Å². The van der Waals surface area contributed by atoms with E-state index >= 15 is 0 Å². The second-order valence-electron chi connectivity index (χ2n) is 5.22. The molecule has 0 heterocycles. The molecule has 2 rings (SSSR count). The molecule has 0 saturated carbocycles. The topological polar surface area (TPSA) is 55.1 Å². The van der Waals surface area contributed by atoms with Gasteiger partial charge in [0.1, 0.15) is 5.82 Å². The molecular formula is C17H19FN2O. The number of primary amides is 1. The van der Waals surface area contributed by atoms with Crippen molar-refractivity contribution in [3.8, 4) is 0 Å². The number of anilines is 1. The van der Waals surface area contributed by atoms with E-state index in [2.05, 4.69) is 5.32 Å². The van der Waals surface area contributed by atoms with Crippen LogP contribution in [0.5, 0.6) is 0 Å². The molecular weight excluding hydrogens is 267 g/mol. The Balaban J connectivity index is 1.93. The minimum Gasteiger partial charge on any atom is -0.382 e. The molecule has 2 aromatic carbocycles. The molecule has 1 unspecified atom stereocenters. The molecule has 0 aliphatic heterocycles. The minimum atomic E-state index is -0.338. The van der Waals surface area contributed by atoms with E-state index in [0.717, 1.165) is 23.2 Å². The zero-order chi connectivity index (χ0) is 15.2. The fraction of sp³-hybridized carbons (Fsp3) is 0.235. The highest BCUT2D eigenvalue weighted by Gasteiger charge is 2.05.